The van der Waals surface area contributed by atoms with Crippen LogP contribution in [0.5, 0.6) is 0 Å². The Morgan fingerprint density at radius 2 is 1.82 bits per heavy atom. The minimum Gasteiger partial charge on any atom is -0.207 e. The molecule has 17 heavy (non-hydrogen) atoms. The second kappa shape index (κ2) is 5.60. The molecule has 0 spiro atoms. The molecule has 1 aromatic carbocycles. The largest absolute Gasteiger partial charge is 0.242 e. The lowest BCUT2D eigenvalue weighted by molar-refractivity contribution is 0.393. The predicted molar refractivity (Wildman–Crippen MR) is 65.7 cm³/mol. The molecule has 3 nitrogen and oxygen atoms in total. The maximum atomic E-state index is 12.7. The van der Waals surface area contributed by atoms with Crippen molar-refractivity contribution in [2.45, 2.75) is 25.2 Å². The number of hydrogen-bond donors (Lipinski definition) is 0. The van der Waals surface area contributed by atoms with Gasteiger partial charge in [0.05, 0.1) is 4.90 Å². The zero-order chi connectivity index (χ0) is 13.1. The SMILES string of the molecule is CCC(C)CN(C)S(=O)(=O)c1ccc(F)cc1. The van der Waals surface area contributed by atoms with Gasteiger partial charge in [-0.25, -0.2) is 17.1 Å². The highest BCUT2D eigenvalue weighted by Gasteiger charge is 2.21. The summed E-state index contributed by atoms with van der Waals surface area (Å²) < 4.78 is 38.2. The van der Waals surface area contributed by atoms with Crippen molar-refractivity contribution in [2.75, 3.05) is 13.6 Å². The van der Waals surface area contributed by atoms with E-state index < -0.39 is 15.8 Å². The summed E-state index contributed by atoms with van der Waals surface area (Å²) in [6.07, 6.45) is 0.920. The molecule has 0 aromatic heterocycles. The van der Waals surface area contributed by atoms with Crippen LogP contribution >= 0.6 is 0 Å². The second-order valence-electron chi connectivity index (χ2n) is 4.25. The van der Waals surface area contributed by atoms with Gasteiger partial charge < -0.3 is 0 Å². The molecule has 0 fully saturated rings. The Labute approximate surface area is 102 Å². The molecule has 0 N–H and O–H groups in total. The second-order valence-corrected chi connectivity index (χ2v) is 6.30. The van der Waals surface area contributed by atoms with Crippen LogP contribution in [0.3, 0.4) is 0 Å². The molecule has 0 radical (unpaired) electrons. The van der Waals surface area contributed by atoms with Crippen molar-refractivity contribution in [1.29, 1.82) is 0 Å². The fourth-order valence-corrected chi connectivity index (χ4v) is 2.74. The normalized spacial score (nSPS) is 13.9. The summed E-state index contributed by atoms with van der Waals surface area (Å²) in [4.78, 5) is 0.129. The number of hydrogen-bond acceptors (Lipinski definition) is 2. The number of nitrogens with zero attached hydrogens (tertiary/aromatic N) is 1. The van der Waals surface area contributed by atoms with E-state index in [1.807, 2.05) is 13.8 Å². The number of halogens is 1. The fourth-order valence-electron chi connectivity index (χ4n) is 1.45. The molecule has 96 valence electrons. The van der Waals surface area contributed by atoms with Crippen LogP contribution in [0, 0.1) is 11.7 Å². The predicted octanol–water partition coefficient (Wildman–Crippen LogP) is 2.49. The quantitative estimate of drug-likeness (QED) is 0.814. The Hall–Kier alpha value is -0.940. The van der Waals surface area contributed by atoms with Crippen molar-refractivity contribution in [3.8, 4) is 0 Å². The van der Waals surface area contributed by atoms with E-state index in [9.17, 15) is 12.8 Å². The highest BCUT2D eigenvalue weighted by atomic mass is 32.2. The van der Waals surface area contributed by atoms with Crippen molar-refractivity contribution in [3.63, 3.8) is 0 Å². The van der Waals surface area contributed by atoms with E-state index in [1.54, 1.807) is 7.05 Å². The molecule has 0 saturated carbocycles. The Morgan fingerprint density at radius 1 is 1.29 bits per heavy atom. The lowest BCUT2D eigenvalue weighted by Gasteiger charge is -2.20. The molecule has 1 aromatic rings. The van der Waals surface area contributed by atoms with Gasteiger partial charge in [-0.3, -0.25) is 0 Å². The number of rotatable bonds is 5. The van der Waals surface area contributed by atoms with Crippen molar-refractivity contribution < 1.29 is 12.8 Å². The van der Waals surface area contributed by atoms with Crippen LogP contribution in [-0.4, -0.2) is 26.3 Å². The van der Waals surface area contributed by atoms with Gasteiger partial charge in [0.15, 0.2) is 0 Å². The van der Waals surface area contributed by atoms with E-state index in [4.69, 9.17) is 0 Å². The van der Waals surface area contributed by atoms with Gasteiger partial charge in [0.1, 0.15) is 5.82 Å². The average Bonchev–Trinajstić information content (AvgIpc) is 2.29. The Morgan fingerprint density at radius 3 is 2.29 bits per heavy atom. The molecule has 1 rings (SSSR count). The number of sulfonamides is 1. The Kier molecular flexibility index (Phi) is 4.65. The van der Waals surface area contributed by atoms with Crippen LogP contribution in [0.2, 0.25) is 0 Å². The molecule has 0 saturated heterocycles. The fraction of sp³-hybridized carbons (Fsp3) is 0.500. The summed E-state index contributed by atoms with van der Waals surface area (Å²) >= 11 is 0. The van der Waals surface area contributed by atoms with Gasteiger partial charge in [-0.05, 0) is 30.2 Å². The maximum absolute atomic E-state index is 12.7. The molecule has 0 heterocycles. The van der Waals surface area contributed by atoms with Crippen LogP contribution in [0.15, 0.2) is 29.2 Å². The van der Waals surface area contributed by atoms with Crippen LogP contribution in [0.25, 0.3) is 0 Å². The lowest BCUT2D eigenvalue weighted by Crippen LogP contribution is -2.31. The third kappa shape index (κ3) is 3.51. The molecule has 0 bridgehead atoms. The standard InChI is InChI=1S/C12H18FNO2S/c1-4-10(2)9-14(3)17(15,16)12-7-5-11(13)6-8-12/h5-8,10H,4,9H2,1-3H3. The van der Waals surface area contributed by atoms with Gasteiger partial charge in [-0.2, -0.15) is 0 Å². The van der Waals surface area contributed by atoms with Crippen LogP contribution in [0.1, 0.15) is 20.3 Å². The maximum Gasteiger partial charge on any atom is 0.242 e. The zero-order valence-electron chi connectivity index (χ0n) is 10.4. The van der Waals surface area contributed by atoms with Gasteiger partial charge in [-0.1, -0.05) is 20.3 Å². The summed E-state index contributed by atoms with van der Waals surface area (Å²) in [5, 5.41) is 0. The molecule has 0 amide bonds. The van der Waals surface area contributed by atoms with E-state index in [0.717, 1.165) is 18.6 Å². The van der Waals surface area contributed by atoms with Crippen LogP contribution in [-0.2, 0) is 10.0 Å². The highest BCUT2D eigenvalue weighted by molar-refractivity contribution is 7.89. The first-order valence-corrected chi connectivity index (χ1v) is 7.03. The molecule has 5 heteroatoms. The summed E-state index contributed by atoms with van der Waals surface area (Å²) in [6.45, 7) is 4.48. The van der Waals surface area contributed by atoms with Gasteiger partial charge in [0.2, 0.25) is 10.0 Å². The van der Waals surface area contributed by atoms with E-state index in [1.165, 1.54) is 16.4 Å². The first-order chi connectivity index (χ1) is 7.87. The van der Waals surface area contributed by atoms with Crippen LogP contribution < -0.4 is 0 Å². The van der Waals surface area contributed by atoms with Crippen molar-refractivity contribution >= 4 is 10.0 Å². The topological polar surface area (TPSA) is 37.4 Å². The number of benzene rings is 1. The van der Waals surface area contributed by atoms with Gasteiger partial charge in [0.25, 0.3) is 0 Å². The van der Waals surface area contributed by atoms with Gasteiger partial charge >= 0.3 is 0 Å². The average molecular weight is 259 g/mol. The molecule has 1 unspecified atom stereocenters. The molecule has 0 aliphatic rings. The van der Waals surface area contributed by atoms with E-state index in [0.29, 0.717) is 12.5 Å². The van der Waals surface area contributed by atoms with Crippen molar-refractivity contribution in [3.05, 3.63) is 30.1 Å². The van der Waals surface area contributed by atoms with Crippen molar-refractivity contribution in [1.82, 2.24) is 4.31 Å². The first-order valence-electron chi connectivity index (χ1n) is 5.59. The Bertz CT molecular complexity index is 456. The first kappa shape index (κ1) is 14.1. The summed E-state index contributed by atoms with van der Waals surface area (Å²) in [7, 11) is -1.95. The molecular formula is C12H18FNO2S. The van der Waals surface area contributed by atoms with E-state index in [-0.39, 0.29) is 4.90 Å². The minimum absolute atomic E-state index is 0.129. The van der Waals surface area contributed by atoms with Gasteiger partial charge in [-0.15, -0.1) is 0 Å². The summed E-state index contributed by atoms with van der Waals surface area (Å²) in [5.74, 6) is -0.135. The minimum atomic E-state index is -3.49. The lowest BCUT2D eigenvalue weighted by atomic mass is 10.1. The van der Waals surface area contributed by atoms with E-state index in [2.05, 4.69) is 0 Å². The molecule has 0 aliphatic carbocycles. The third-order valence-electron chi connectivity index (χ3n) is 2.79. The van der Waals surface area contributed by atoms with E-state index >= 15 is 0 Å². The summed E-state index contributed by atoms with van der Waals surface area (Å²) in [6, 6.07) is 4.89. The molecular weight excluding hydrogens is 241 g/mol. The zero-order valence-corrected chi connectivity index (χ0v) is 11.2. The third-order valence-corrected chi connectivity index (χ3v) is 4.63. The molecule has 1 atom stereocenters. The highest BCUT2D eigenvalue weighted by Crippen LogP contribution is 2.16. The Balaban J connectivity index is 2.91. The summed E-state index contributed by atoms with van der Waals surface area (Å²) in [5.41, 5.74) is 0. The smallest absolute Gasteiger partial charge is 0.207 e. The van der Waals surface area contributed by atoms with Crippen LogP contribution in [0.4, 0.5) is 4.39 Å². The monoisotopic (exact) mass is 259 g/mol. The van der Waals surface area contributed by atoms with Crippen molar-refractivity contribution in [2.24, 2.45) is 5.92 Å². The molecule has 0 aliphatic heterocycles. The van der Waals surface area contributed by atoms with Gasteiger partial charge in [0, 0.05) is 13.6 Å².